The van der Waals surface area contributed by atoms with Gasteiger partial charge in [0, 0.05) is 38.6 Å². The van der Waals surface area contributed by atoms with Crippen LogP contribution in [0.5, 0.6) is 0 Å². The van der Waals surface area contributed by atoms with E-state index in [4.69, 9.17) is 0 Å². The van der Waals surface area contributed by atoms with Crippen LogP contribution in [0.3, 0.4) is 0 Å². The van der Waals surface area contributed by atoms with Crippen molar-refractivity contribution in [2.24, 2.45) is 0 Å². The minimum Gasteiger partial charge on any atom is -0.394 e. The molecule has 2 N–H and O–H groups in total. The van der Waals surface area contributed by atoms with Gasteiger partial charge in [-0.1, -0.05) is 0 Å². The SMILES string of the molecule is Cc1ccncc1C(CO)N1CCNCC1. The Morgan fingerprint density at radius 1 is 1.50 bits per heavy atom. The van der Waals surface area contributed by atoms with E-state index in [1.165, 1.54) is 5.56 Å². The van der Waals surface area contributed by atoms with Crippen LogP contribution in [0.25, 0.3) is 0 Å². The number of pyridine rings is 1. The van der Waals surface area contributed by atoms with Crippen LogP contribution in [-0.4, -0.2) is 47.8 Å². The summed E-state index contributed by atoms with van der Waals surface area (Å²) in [5.74, 6) is 0. The van der Waals surface area contributed by atoms with E-state index < -0.39 is 0 Å². The summed E-state index contributed by atoms with van der Waals surface area (Å²) in [6.45, 7) is 6.19. The predicted molar refractivity (Wildman–Crippen MR) is 63.2 cm³/mol. The molecular formula is C12H19N3O. The highest BCUT2D eigenvalue weighted by Crippen LogP contribution is 2.22. The Kier molecular flexibility index (Phi) is 3.88. The molecule has 0 saturated carbocycles. The summed E-state index contributed by atoms with van der Waals surface area (Å²) >= 11 is 0. The first-order chi connectivity index (χ1) is 7.83. The van der Waals surface area contributed by atoms with Crippen molar-refractivity contribution in [2.45, 2.75) is 13.0 Å². The number of hydrogen-bond donors (Lipinski definition) is 2. The molecule has 1 atom stereocenters. The molecule has 0 spiro atoms. The second kappa shape index (κ2) is 5.39. The lowest BCUT2D eigenvalue weighted by atomic mass is 10.0. The topological polar surface area (TPSA) is 48.4 Å². The molecule has 2 rings (SSSR count). The van der Waals surface area contributed by atoms with Gasteiger partial charge in [0.05, 0.1) is 12.6 Å². The Morgan fingerprint density at radius 3 is 2.88 bits per heavy atom. The molecule has 88 valence electrons. The van der Waals surface area contributed by atoms with E-state index in [1.807, 2.05) is 12.3 Å². The standard InChI is InChI=1S/C12H19N3O/c1-10-2-3-14-8-11(10)12(9-16)15-6-4-13-5-7-15/h2-3,8,12-13,16H,4-7,9H2,1H3. The minimum absolute atomic E-state index is 0.0933. The van der Waals surface area contributed by atoms with E-state index >= 15 is 0 Å². The Hall–Kier alpha value is -0.970. The molecule has 1 aromatic heterocycles. The van der Waals surface area contributed by atoms with E-state index in [1.54, 1.807) is 6.20 Å². The molecule has 1 saturated heterocycles. The molecule has 2 heterocycles. The molecule has 0 aliphatic carbocycles. The van der Waals surface area contributed by atoms with Gasteiger partial charge in [-0.2, -0.15) is 0 Å². The lowest BCUT2D eigenvalue weighted by Gasteiger charge is -2.34. The van der Waals surface area contributed by atoms with Crippen LogP contribution in [0.1, 0.15) is 17.2 Å². The van der Waals surface area contributed by atoms with Gasteiger partial charge in [0.25, 0.3) is 0 Å². The number of rotatable bonds is 3. The normalized spacial score (nSPS) is 19.6. The highest BCUT2D eigenvalue weighted by atomic mass is 16.3. The molecule has 1 aliphatic rings. The molecule has 4 heteroatoms. The number of piperazine rings is 1. The number of aliphatic hydroxyl groups is 1. The van der Waals surface area contributed by atoms with E-state index in [-0.39, 0.29) is 12.6 Å². The van der Waals surface area contributed by atoms with Crippen LogP contribution < -0.4 is 5.32 Å². The van der Waals surface area contributed by atoms with Crippen molar-refractivity contribution < 1.29 is 5.11 Å². The third-order valence-corrected chi connectivity index (χ3v) is 3.20. The molecule has 1 unspecified atom stereocenters. The minimum atomic E-state index is 0.0933. The van der Waals surface area contributed by atoms with Gasteiger partial charge in [-0.05, 0) is 24.1 Å². The van der Waals surface area contributed by atoms with Gasteiger partial charge >= 0.3 is 0 Å². The molecule has 0 amide bonds. The zero-order valence-corrected chi connectivity index (χ0v) is 9.69. The molecule has 0 aromatic carbocycles. The van der Waals surface area contributed by atoms with Crippen molar-refractivity contribution in [1.29, 1.82) is 0 Å². The van der Waals surface area contributed by atoms with E-state index in [9.17, 15) is 5.11 Å². The van der Waals surface area contributed by atoms with Gasteiger partial charge in [-0.3, -0.25) is 9.88 Å². The second-order valence-corrected chi connectivity index (χ2v) is 4.22. The van der Waals surface area contributed by atoms with Gasteiger partial charge < -0.3 is 10.4 Å². The summed E-state index contributed by atoms with van der Waals surface area (Å²) in [5.41, 5.74) is 2.35. The molecule has 1 aromatic rings. The number of nitrogens with one attached hydrogen (secondary N) is 1. The summed E-state index contributed by atoms with van der Waals surface area (Å²) in [4.78, 5) is 6.48. The van der Waals surface area contributed by atoms with Crippen LogP contribution in [0, 0.1) is 6.92 Å². The van der Waals surface area contributed by atoms with Crippen LogP contribution in [-0.2, 0) is 0 Å². The molecule has 1 aliphatic heterocycles. The fourth-order valence-corrected chi connectivity index (χ4v) is 2.23. The highest BCUT2D eigenvalue weighted by molar-refractivity contribution is 5.25. The maximum Gasteiger partial charge on any atom is 0.0629 e. The van der Waals surface area contributed by atoms with Gasteiger partial charge in [-0.25, -0.2) is 0 Å². The quantitative estimate of drug-likeness (QED) is 0.772. The molecule has 0 bridgehead atoms. The summed E-state index contributed by atoms with van der Waals surface area (Å²) in [5, 5.41) is 12.9. The second-order valence-electron chi connectivity index (χ2n) is 4.22. The Morgan fingerprint density at radius 2 is 2.25 bits per heavy atom. The lowest BCUT2D eigenvalue weighted by Crippen LogP contribution is -2.46. The van der Waals surface area contributed by atoms with E-state index in [0.717, 1.165) is 31.7 Å². The van der Waals surface area contributed by atoms with Crippen LogP contribution in [0.2, 0.25) is 0 Å². The predicted octanol–water partition coefficient (Wildman–Crippen LogP) is 0.329. The largest absolute Gasteiger partial charge is 0.394 e. The van der Waals surface area contributed by atoms with Crippen molar-refractivity contribution in [1.82, 2.24) is 15.2 Å². The summed E-state index contributed by atoms with van der Waals surface area (Å²) in [6, 6.07) is 2.09. The van der Waals surface area contributed by atoms with Crippen LogP contribution in [0.4, 0.5) is 0 Å². The third kappa shape index (κ3) is 2.40. The Labute approximate surface area is 96.3 Å². The summed E-state index contributed by atoms with van der Waals surface area (Å²) in [7, 11) is 0. The fraction of sp³-hybridized carbons (Fsp3) is 0.583. The number of aryl methyl sites for hydroxylation is 1. The summed E-state index contributed by atoms with van der Waals surface area (Å²) < 4.78 is 0. The first kappa shape index (κ1) is 11.5. The van der Waals surface area contributed by atoms with E-state index in [0.29, 0.717) is 0 Å². The number of hydrogen-bond acceptors (Lipinski definition) is 4. The fourth-order valence-electron chi connectivity index (χ4n) is 2.23. The zero-order chi connectivity index (χ0) is 11.4. The zero-order valence-electron chi connectivity index (χ0n) is 9.69. The van der Waals surface area contributed by atoms with Crippen LogP contribution in [0.15, 0.2) is 18.5 Å². The molecule has 1 fully saturated rings. The van der Waals surface area contributed by atoms with E-state index in [2.05, 4.69) is 22.1 Å². The van der Waals surface area contributed by atoms with Crippen molar-refractivity contribution in [2.75, 3.05) is 32.8 Å². The smallest absolute Gasteiger partial charge is 0.0629 e. The van der Waals surface area contributed by atoms with Crippen molar-refractivity contribution >= 4 is 0 Å². The third-order valence-electron chi connectivity index (χ3n) is 3.20. The first-order valence-corrected chi connectivity index (χ1v) is 5.79. The van der Waals surface area contributed by atoms with Gasteiger partial charge in [0.1, 0.15) is 0 Å². The average molecular weight is 221 g/mol. The highest BCUT2D eigenvalue weighted by Gasteiger charge is 2.22. The maximum atomic E-state index is 9.57. The number of aromatic nitrogens is 1. The molecule has 0 radical (unpaired) electrons. The molecule has 16 heavy (non-hydrogen) atoms. The first-order valence-electron chi connectivity index (χ1n) is 5.79. The van der Waals surface area contributed by atoms with Crippen molar-refractivity contribution in [3.63, 3.8) is 0 Å². The lowest BCUT2D eigenvalue weighted by molar-refractivity contribution is 0.110. The van der Waals surface area contributed by atoms with Crippen LogP contribution >= 0.6 is 0 Å². The number of nitrogens with zero attached hydrogens (tertiary/aromatic N) is 2. The van der Waals surface area contributed by atoms with Gasteiger partial charge in [0.2, 0.25) is 0 Å². The monoisotopic (exact) mass is 221 g/mol. The Balaban J connectivity index is 2.18. The van der Waals surface area contributed by atoms with Gasteiger partial charge in [0.15, 0.2) is 0 Å². The summed E-state index contributed by atoms with van der Waals surface area (Å²) in [6.07, 6.45) is 3.67. The Bertz CT molecular complexity index is 337. The van der Waals surface area contributed by atoms with Crippen molar-refractivity contribution in [3.8, 4) is 0 Å². The molecular weight excluding hydrogens is 202 g/mol. The number of aliphatic hydroxyl groups excluding tert-OH is 1. The average Bonchev–Trinajstić information content (AvgIpc) is 2.34. The maximum absolute atomic E-state index is 9.57. The van der Waals surface area contributed by atoms with Gasteiger partial charge in [-0.15, -0.1) is 0 Å². The van der Waals surface area contributed by atoms with Crippen molar-refractivity contribution in [3.05, 3.63) is 29.6 Å². The molecule has 4 nitrogen and oxygen atoms in total.